The molecule has 0 atom stereocenters. The molecular formula is C14H20BrN3O4. The molecule has 0 N–H and O–H groups in total. The maximum Gasteiger partial charge on any atom is 0.442 e. The standard InChI is InChI=1S/C14H20BrN3O4/c1-13(2,3)21-12(20)18(22-14(4,5)6)11(19)9-10(15)17-8-7-16-9/h7-8H,1-6H3. The van der Waals surface area contributed by atoms with Crippen molar-refractivity contribution in [1.82, 2.24) is 15.0 Å². The normalized spacial score (nSPS) is 12.0. The molecule has 0 fully saturated rings. The molecule has 0 aliphatic rings. The van der Waals surface area contributed by atoms with Crippen molar-refractivity contribution in [3.63, 3.8) is 0 Å². The van der Waals surface area contributed by atoms with Crippen molar-refractivity contribution < 1.29 is 19.2 Å². The van der Waals surface area contributed by atoms with Gasteiger partial charge in [0.25, 0.3) is 0 Å². The maximum atomic E-state index is 12.5. The van der Waals surface area contributed by atoms with Gasteiger partial charge >= 0.3 is 12.0 Å². The Balaban J connectivity index is 3.13. The lowest BCUT2D eigenvalue weighted by atomic mass is 10.2. The molecule has 22 heavy (non-hydrogen) atoms. The predicted molar refractivity (Wildman–Crippen MR) is 83.0 cm³/mol. The lowest BCUT2D eigenvalue weighted by Gasteiger charge is -2.30. The minimum atomic E-state index is -0.912. The number of imide groups is 1. The van der Waals surface area contributed by atoms with Gasteiger partial charge in [-0.15, -0.1) is 5.06 Å². The van der Waals surface area contributed by atoms with Crippen molar-refractivity contribution in [2.45, 2.75) is 52.7 Å². The fourth-order valence-electron chi connectivity index (χ4n) is 1.30. The fraction of sp³-hybridized carbons (Fsp3) is 0.571. The van der Waals surface area contributed by atoms with Crippen LogP contribution in [0.15, 0.2) is 17.0 Å². The first kappa shape index (κ1) is 18.5. The Labute approximate surface area is 138 Å². The zero-order valence-electron chi connectivity index (χ0n) is 13.5. The van der Waals surface area contributed by atoms with Crippen molar-refractivity contribution >= 4 is 27.9 Å². The molecule has 7 nitrogen and oxygen atoms in total. The molecule has 0 radical (unpaired) electrons. The van der Waals surface area contributed by atoms with Gasteiger partial charge in [0, 0.05) is 12.4 Å². The molecule has 0 saturated heterocycles. The van der Waals surface area contributed by atoms with E-state index >= 15 is 0 Å². The van der Waals surface area contributed by atoms with Gasteiger partial charge in [-0.25, -0.2) is 14.8 Å². The van der Waals surface area contributed by atoms with Crippen molar-refractivity contribution in [3.8, 4) is 0 Å². The number of amides is 2. The zero-order valence-corrected chi connectivity index (χ0v) is 15.1. The molecule has 0 aliphatic carbocycles. The highest BCUT2D eigenvalue weighted by Crippen LogP contribution is 2.19. The van der Waals surface area contributed by atoms with Gasteiger partial charge in [-0.05, 0) is 57.5 Å². The van der Waals surface area contributed by atoms with E-state index in [9.17, 15) is 9.59 Å². The van der Waals surface area contributed by atoms with Gasteiger partial charge in [0.2, 0.25) is 0 Å². The Morgan fingerprint density at radius 1 is 1.05 bits per heavy atom. The van der Waals surface area contributed by atoms with Crippen LogP contribution in [0.3, 0.4) is 0 Å². The number of hydrogen-bond donors (Lipinski definition) is 0. The Hall–Kier alpha value is -1.54. The lowest BCUT2D eigenvalue weighted by molar-refractivity contribution is -0.182. The molecule has 8 heteroatoms. The van der Waals surface area contributed by atoms with E-state index in [1.807, 2.05) is 0 Å². The molecule has 122 valence electrons. The van der Waals surface area contributed by atoms with E-state index in [-0.39, 0.29) is 10.3 Å². The summed E-state index contributed by atoms with van der Waals surface area (Å²) in [5.74, 6) is -0.760. The summed E-state index contributed by atoms with van der Waals surface area (Å²) >= 11 is 3.13. The first-order chi connectivity index (χ1) is 9.91. The van der Waals surface area contributed by atoms with E-state index in [4.69, 9.17) is 9.57 Å². The van der Waals surface area contributed by atoms with Crippen LogP contribution in [0.5, 0.6) is 0 Å². The van der Waals surface area contributed by atoms with E-state index in [2.05, 4.69) is 25.9 Å². The fourth-order valence-corrected chi connectivity index (χ4v) is 1.69. The number of carbonyl (C=O) groups excluding carboxylic acids is 2. The van der Waals surface area contributed by atoms with Crippen LogP contribution >= 0.6 is 15.9 Å². The van der Waals surface area contributed by atoms with Gasteiger partial charge in [-0.2, -0.15) is 0 Å². The lowest BCUT2D eigenvalue weighted by Crippen LogP contribution is -2.45. The summed E-state index contributed by atoms with van der Waals surface area (Å²) in [4.78, 5) is 38.1. The predicted octanol–water partition coefficient (Wildman–Crippen LogP) is 3.35. The van der Waals surface area contributed by atoms with Crippen LogP contribution < -0.4 is 0 Å². The molecule has 0 spiro atoms. The van der Waals surface area contributed by atoms with Gasteiger partial charge in [0.15, 0.2) is 5.69 Å². The van der Waals surface area contributed by atoms with Gasteiger partial charge < -0.3 is 4.74 Å². The minimum Gasteiger partial charge on any atom is -0.442 e. The number of hydrogen-bond acceptors (Lipinski definition) is 6. The molecule has 0 bridgehead atoms. The van der Waals surface area contributed by atoms with Crippen molar-refractivity contribution in [2.75, 3.05) is 0 Å². The maximum absolute atomic E-state index is 12.5. The number of nitrogens with zero attached hydrogens (tertiary/aromatic N) is 3. The van der Waals surface area contributed by atoms with Gasteiger partial charge in [-0.1, -0.05) is 0 Å². The van der Waals surface area contributed by atoms with Crippen LogP contribution in [0, 0.1) is 0 Å². The first-order valence-electron chi connectivity index (χ1n) is 6.64. The molecule has 0 aromatic carbocycles. The number of ether oxygens (including phenoxy) is 1. The van der Waals surface area contributed by atoms with Crippen molar-refractivity contribution in [2.24, 2.45) is 0 Å². The molecule has 0 unspecified atom stereocenters. The quantitative estimate of drug-likeness (QED) is 0.739. The summed E-state index contributed by atoms with van der Waals surface area (Å²) in [5.41, 5.74) is -1.59. The summed E-state index contributed by atoms with van der Waals surface area (Å²) < 4.78 is 5.42. The van der Waals surface area contributed by atoms with Gasteiger partial charge in [0.1, 0.15) is 10.2 Å². The molecule has 2 amide bonds. The largest absolute Gasteiger partial charge is 0.442 e. The second-order valence-corrected chi connectivity index (χ2v) is 7.23. The van der Waals surface area contributed by atoms with Gasteiger partial charge in [0.05, 0.1) is 5.60 Å². The number of hydroxylamine groups is 2. The zero-order chi connectivity index (χ0) is 17.1. The highest BCUT2D eigenvalue weighted by atomic mass is 79.9. The van der Waals surface area contributed by atoms with E-state index < -0.39 is 23.2 Å². The average molecular weight is 374 g/mol. The van der Waals surface area contributed by atoms with E-state index in [1.165, 1.54) is 12.4 Å². The number of carbonyl (C=O) groups is 2. The summed E-state index contributed by atoms with van der Waals surface area (Å²) in [6.07, 6.45) is 1.86. The first-order valence-corrected chi connectivity index (χ1v) is 7.43. The third-order valence-corrected chi connectivity index (χ3v) is 2.55. The van der Waals surface area contributed by atoms with Crippen LogP contribution in [-0.2, 0) is 9.57 Å². The average Bonchev–Trinajstić information content (AvgIpc) is 2.32. The van der Waals surface area contributed by atoms with E-state index in [0.29, 0.717) is 5.06 Å². The number of rotatable bonds is 2. The Kier molecular flexibility index (Phi) is 5.64. The van der Waals surface area contributed by atoms with E-state index in [1.54, 1.807) is 41.5 Å². The molecule has 0 saturated carbocycles. The molecule has 1 rings (SSSR count). The summed E-state index contributed by atoms with van der Waals surface area (Å²) in [6, 6.07) is 0. The molecule has 1 aromatic rings. The SMILES string of the molecule is CC(C)(C)OC(=O)N(OC(C)(C)C)C(=O)c1nccnc1Br. The third-order valence-electron chi connectivity index (χ3n) is 1.97. The number of halogens is 1. The Morgan fingerprint density at radius 3 is 2.05 bits per heavy atom. The Morgan fingerprint density at radius 2 is 1.59 bits per heavy atom. The van der Waals surface area contributed by atoms with Crippen LogP contribution in [-0.4, -0.2) is 38.2 Å². The Bertz CT molecular complexity index is 564. The summed E-state index contributed by atoms with van der Waals surface area (Å²) in [6.45, 7) is 10.2. The minimum absolute atomic E-state index is 0.0439. The molecule has 1 aromatic heterocycles. The molecule has 1 heterocycles. The van der Waals surface area contributed by atoms with Crippen LogP contribution in [0.4, 0.5) is 4.79 Å². The second-order valence-electron chi connectivity index (χ2n) is 6.48. The molecule has 0 aliphatic heterocycles. The van der Waals surface area contributed by atoms with Crippen LogP contribution in [0.25, 0.3) is 0 Å². The third kappa shape index (κ3) is 5.69. The van der Waals surface area contributed by atoms with Gasteiger partial charge in [-0.3, -0.25) is 9.63 Å². The van der Waals surface area contributed by atoms with Crippen molar-refractivity contribution in [1.29, 1.82) is 0 Å². The second kappa shape index (κ2) is 6.70. The van der Waals surface area contributed by atoms with Crippen LogP contribution in [0.2, 0.25) is 0 Å². The smallest absolute Gasteiger partial charge is 0.442 e. The van der Waals surface area contributed by atoms with Crippen molar-refractivity contribution in [3.05, 3.63) is 22.7 Å². The topological polar surface area (TPSA) is 81.6 Å². The van der Waals surface area contributed by atoms with E-state index in [0.717, 1.165) is 0 Å². The molecular weight excluding hydrogens is 354 g/mol. The summed E-state index contributed by atoms with van der Waals surface area (Å²) in [5, 5.41) is 0.569. The highest BCUT2D eigenvalue weighted by Gasteiger charge is 2.34. The monoisotopic (exact) mass is 373 g/mol. The summed E-state index contributed by atoms with van der Waals surface area (Å²) in [7, 11) is 0. The van der Waals surface area contributed by atoms with Crippen LogP contribution in [0.1, 0.15) is 52.0 Å². The number of aromatic nitrogens is 2. The highest BCUT2D eigenvalue weighted by molar-refractivity contribution is 9.10.